The quantitative estimate of drug-likeness (QED) is 0.658. The summed E-state index contributed by atoms with van der Waals surface area (Å²) in [5.41, 5.74) is 9.33. The van der Waals surface area contributed by atoms with E-state index in [4.69, 9.17) is 22.1 Å². The molecule has 9 heteroatoms. The number of aryl methyl sites for hydroxylation is 2. The first-order valence-corrected chi connectivity index (χ1v) is 10.6. The summed E-state index contributed by atoms with van der Waals surface area (Å²) in [4.78, 5) is 23.9. The zero-order valence-electron chi connectivity index (χ0n) is 17.6. The van der Waals surface area contributed by atoms with Crippen molar-refractivity contribution in [3.8, 4) is 5.75 Å². The Bertz CT molecular complexity index is 1020. The summed E-state index contributed by atoms with van der Waals surface area (Å²) in [7, 11) is 0. The van der Waals surface area contributed by atoms with Gasteiger partial charge in [-0.25, -0.2) is 9.97 Å². The Morgan fingerprint density at radius 2 is 1.97 bits per heavy atom. The predicted molar refractivity (Wildman–Crippen MR) is 118 cm³/mol. The fourth-order valence-corrected chi connectivity index (χ4v) is 3.96. The molecule has 0 radical (unpaired) electrons. The molecule has 2 aliphatic rings. The third-order valence-corrected chi connectivity index (χ3v) is 6.17. The van der Waals surface area contributed by atoms with E-state index < -0.39 is 6.10 Å². The van der Waals surface area contributed by atoms with Crippen LogP contribution in [-0.4, -0.2) is 64.3 Å². The Morgan fingerprint density at radius 3 is 2.68 bits per heavy atom. The van der Waals surface area contributed by atoms with Gasteiger partial charge in [0.05, 0.1) is 35.1 Å². The number of piperidine rings is 1. The summed E-state index contributed by atoms with van der Waals surface area (Å²) < 4.78 is 6.04. The number of nitrogens with one attached hydrogen (secondary N) is 1. The molecule has 2 aliphatic heterocycles. The molecule has 4 rings (SSSR count). The van der Waals surface area contributed by atoms with Gasteiger partial charge in [0.1, 0.15) is 18.0 Å². The number of para-hydroxylation sites is 1. The van der Waals surface area contributed by atoms with Crippen molar-refractivity contribution in [3.05, 3.63) is 57.8 Å². The number of β-amino-alcohol motifs (C(OH)–C–C–N with tert-alkyl or cyclic N) is 1. The molecule has 1 amide bonds. The lowest BCUT2D eigenvalue weighted by Gasteiger charge is -2.29. The van der Waals surface area contributed by atoms with Gasteiger partial charge in [-0.1, -0.05) is 23.7 Å². The summed E-state index contributed by atoms with van der Waals surface area (Å²) in [6.07, 6.45) is -0.319. The van der Waals surface area contributed by atoms with Crippen molar-refractivity contribution in [2.75, 3.05) is 26.2 Å². The Kier molecular flexibility index (Phi) is 6.13. The van der Waals surface area contributed by atoms with Crippen LogP contribution in [0.25, 0.3) is 5.57 Å². The van der Waals surface area contributed by atoms with E-state index in [-0.39, 0.29) is 18.6 Å². The molecule has 0 saturated carbocycles. The summed E-state index contributed by atoms with van der Waals surface area (Å²) in [5, 5.41) is 13.9. The number of carbonyl (C=O) groups excluding carboxylic acids is 1. The second-order valence-electron chi connectivity index (χ2n) is 7.91. The van der Waals surface area contributed by atoms with Crippen LogP contribution >= 0.6 is 11.6 Å². The third-order valence-electron chi connectivity index (χ3n) is 5.62. The topological polar surface area (TPSA) is 114 Å². The number of hydrogen-bond acceptors (Lipinski definition) is 7. The molecular weight excluding hydrogens is 418 g/mol. The average Bonchev–Trinajstić information content (AvgIpc) is 3.15. The van der Waals surface area contributed by atoms with Gasteiger partial charge in [0.2, 0.25) is 0 Å². The SMILES string of the molecule is Cc1nc(C2=C(N)CN(C(=O)c3ccccc3O[C@H]3CCNCC3O)C2)nc(C)c1Cl. The zero-order valence-corrected chi connectivity index (χ0v) is 18.3. The first kappa shape index (κ1) is 21.5. The van der Waals surface area contributed by atoms with Crippen LogP contribution in [0.2, 0.25) is 5.02 Å². The highest BCUT2D eigenvalue weighted by Gasteiger charge is 2.31. The van der Waals surface area contributed by atoms with Crippen molar-refractivity contribution in [2.45, 2.75) is 32.5 Å². The molecule has 2 aromatic rings. The van der Waals surface area contributed by atoms with E-state index in [0.29, 0.717) is 58.8 Å². The summed E-state index contributed by atoms with van der Waals surface area (Å²) >= 11 is 6.19. The van der Waals surface area contributed by atoms with Gasteiger partial charge in [0, 0.05) is 17.8 Å². The lowest BCUT2D eigenvalue weighted by Crippen LogP contribution is -2.46. The smallest absolute Gasteiger partial charge is 0.258 e. The second-order valence-corrected chi connectivity index (χ2v) is 8.29. The van der Waals surface area contributed by atoms with Crippen molar-refractivity contribution in [1.29, 1.82) is 0 Å². The highest BCUT2D eigenvalue weighted by Crippen LogP contribution is 2.29. The number of carbonyl (C=O) groups is 1. The number of nitrogens with two attached hydrogens (primary N) is 1. The van der Waals surface area contributed by atoms with E-state index in [2.05, 4.69) is 15.3 Å². The minimum absolute atomic E-state index is 0.195. The summed E-state index contributed by atoms with van der Waals surface area (Å²) in [6, 6.07) is 7.09. The molecule has 2 atom stereocenters. The van der Waals surface area contributed by atoms with Gasteiger partial charge in [0.25, 0.3) is 5.91 Å². The fourth-order valence-electron chi connectivity index (χ4n) is 3.88. The van der Waals surface area contributed by atoms with Crippen molar-refractivity contribution in [1.82, 2.24) is 20.2 Å². The molecule has 31 heavy (non-hydrogen) atoms. The minimum Gasteiger partial charge on any atom is -0.487 e. The summed E-state index contributed by atoms with van der Waals surface area (Å²) in [6.45, 7) is 5.44. The maximum Gasteiger partial charge on any atom is 0.258 e. The number of nitrogens with zero attached hydrogens (tertiary/aromatic N) is 3. The Labute approximate surface area is 186 Å². The zero-order chi connectivity index (χ0) is 22.1. The number of benzene rings is 1. The van der Waals surface area contributed by atoms with Crippen LogP contribution in [0, 0.1) is 13.8 Å². The van der Waals surface area contributed by atoms with Gasteiger partial charge < -0.3 is 25.8 Å². The molecule has 1 unspecified atom stereocenters. The van der Waals surface area contributed by atoms with Gasteiger partial charge in [-0.3, -0.25) is 4.79 Å². The van der Waals surface area contributed by atoms with Crippen LogP contribution in [0.1, 0.15) is 34.0 Å². The van der Waals surface area contributed by atoms with E-state index in [9.17, 15) is 9.90 Å². The molecular formula is C22H26ClN5O3. The van der Waals surface area contributed by atoms with E-state index >= 15 is 0 Å². The largest absolute Gasteiger partial charge is 0.487 e. The van der Waals surface area contributed by atoms with Crippen LogP contribution in [-0.2, 0) is 0 Å². The molecule has 1 saturated heterocycles. The van der Waals surface area contributed by atoms with Gasteiger partial charge in [-0.15, -0.1) is 0 Å². The van der Waals surface area contributed by atoms with Crippen molar-refractivity contribution in [3.63, 3.8) is 0 Å². The Morgan fingerprint density at radius 1 is 1.26 bits per heavy atom. The molecule has 1 aromatic heterocycles. The maximum absolute atomic E-state index is 13.3. The van der Waals surface area contributed by atoms with E-state index in [1.807, 2.05) is 19.9 Å². The van der Waals surface area contributed by atoms with Gasteiger partial charge in [-0.05, 0) is 38.9 Å². The van der Waals surface area contributed by atoms with Gasteiger partial charge in [0.15, 0.2) is 5.82 Å². The van der Waals surface area contributed by atoms with E-state index in [1.54, 1.807) is 23.1 Å². The van der Waals surface area contributed by atoms with Crippen LogP contribution < -0.4 is 15.8 Å². The lowest BCUT2D eigenvalue weighted by atomic mass is 10.1. The van der Waals surface area contributed by atoms with Crippen LogP contribution in [0.4, 0.5) is 0 Å². The standard InChI is InChI=1S/C22H26ClN5O3/c1-12-20(23)13(2)27-21(26-12)15-10-28(11-16(15)24)22(30)14-5-3-4-6-18(14)31-19-7-8-25-9-17(19)29/h3-6,17,19,25,29H,7-11,24H2,1-2H3/t17?,19-/m0/s1. The first-order valence-electron chi connectivity index (χ1n) is 10.3. The number of rotatable bonds is 4. The molecule has 0 aliphatic carbocycles. The molecule has 1 fully saturated rings. The monoisotopic (exact) mass is 443 g/mol. The molecule has 1 aromatic carbocycles. The van der Waals surface area contributed by atoms with Gasteiger partial charge in [-0.2, -0.15) is 0 Å². The van der Waals surface area contributed by atoms with E-state index in [0.717, 1.165) is 12.1 Å². The molecule has 3 heterocycles. The van der Waals surface area contributed by atoms with Crippen LogP contribution in [0.15, 0.2) is 30.0 Å². The van der Waals surface area contributed by atoms with Crippen LogP contribution in [0.3, 0.4) is 0 Å². The molecule has 164 valence electrons. The van der Waals surface area contributed by atoms with Crippen molar-refractivity contribution < 1.29 is 14.6 Å². The Hall–Kier alpha value is -2.68. The number of hydrogen-bond donors (Lipinski definition) is 3. The average molecular weight is 444 g/mol. The number of halogens is 1. The highest BCUT2D eigenvalue weighted by molar-refractivity contribution is 6.31. The van der Waals surface area contributed by atoms with Gasteiger partial charge >= 0.3 is 0 Å². The molecule has 8 nitrogen and oxygen atoms in total. The number of amides is 1. The number of ether oxygens (including phenoxy) is 1. The molecule has 0 spiro atoms. The maximum atomic E-state index is 13.3. The summed E-state index contributed by atoms with van der Waals surface area (Å²) in [5.74, 6) is 0.758. The third kappa shape index (κ3) is 4.37. The minimum atomic E-state index is -0.624. The predicted octanol–water partition coefficient (Wildman–Crippen LogP) is 1.67. The molecule has 4 N–H and O–H groups in total. The number of aliphatic hydroxyl groups is 1. The first-order chi connectivity index (χ1) is 14.8. The van der Waals surface area contributed by atoms with Crippen LogP contribution in [0.5, 0.6) is 5.75 Å². The van der Waals surface area contributed by atoms with Crippen molar-refractivity contribution in [2.24, 2.45) is 5.73 Å². The highest BCUT2D eigenvalue weighted by atomic mass is 35.5. The normalized spacial score (nSPS) is 21.5. The number of aromatic nitrogens is 2. The second kappa shape index (κ2) is 8.82. The van der Waals surface area contributed by atoms with E-state index in [1.165, 1.54) is 0 Å². The Balaban J connectivity index is 1.54. The van der Waals surface area contributed by atoms with Crippen molar-refractivity contribution >= 4 is 23.1 Å². The number of aliphatic hydroxyl groups excluding tert-OH is 1. The molecule has 0 bridgehead atoms. The fraction of sp³-hybridized carbons (Fsp3) is 0.409. The lowest BCUT2D eigenvalue weighted by molar-refractivity contribution is 0.0155.